The number of aliphatic hydroxyl groups is 1. The zero-order valence-electron chi connectivity index (χ0n) is 25.3. The number of aryl methyl sites for hydroxylation is 2. The second kappa shape index (κ2) is 13.3. The number of nitrogens with zero attached hydrogens (tertiary/aromatic N) is 2. The average molecular weight is 661 g/mol. The van der Waals surface area contributed by atoms with E-state index in [4.69, 9.17) is 9.47 Å². The van der Waals surface area contributed by atoms with Crippen molar-refractivity contribution in [2.45, 2.75) is 81.7 Å². The number of aliphatic hydroxyl groups excluding tert-OH is 1. The fourth-order valence-corrected chi connectivity index (χ4v) is 7.61. The highest BCUT2D eigenvalue weighted by Crippen LogP contribution is 2.60. The van der Waals surface area contributed by atoms with Crippen LogP contribution < -0.4 is 10.2 Å². The first-order chi connectivity index (χ1) is 20.4. The molecule has 0 radical (unpaired) electrons. The number of halogens is 1. The summed E-state index contributed by atoms with van der Waals surface area (Å²) in [6.45, 7) is 14.6. The van der Waals surface area contributed by atoms with Gasteiger partial charge in [-0.2, -0.15) is 0 Å². The molecule has 2 bridgehead atoms. The predicted octanol–water partition coefficient (Wildman–Crippen LogP) is 2.97. The lowest BCUT2D eigenvalue weighted by molar-refractivity contribution is -0.159. The number of likely N-dealkylation sites (tertiary alicyclic amines) is 1. The summed E-state index contributed by atoms with van der Waals surface area (Å²) in [6.07, 6.45) is 3.09. The van der Waals surface area contributed by atoms with Crippen LogP contribution in [0.2, 0.25) is 0 Å². The van der Waals surface area contributed by atoms with Crippen molar-refractivity contribution in [3.63, 3.8) is 0 Å². The highest BCUT2D eigenvalue weighted by Gasteiger charge is 2.77. The molecule has 3 aliphatic rings. The summed E-state index contributed by atoms with van der Waals surface area (Å²) in [5.74, 6) is -3.53. The van der Waals surface area contributed by atoms with Crippen LogP contribution in [0.3, 0.4) is 0 Å². The fraction of sp³-hybridized carbons (Fsp3) is 0.562. The third-order valence-electron chi connectivity index (χ3n) is 8.68. The number of ether oxygens (including phenoxy) is 2. The summed E-state index contributed by atoms with van der Waals surface area (Å²) in [5, 5.41) is 12.9. The third kappa shape index (κ3) is 6.04. The minimum absolute atomic E-state index is 0.114. The lowest BCUT2D eigenvalue weighted by Crippen LogP contribution is -2.59. The zero-order valence-corrected chi connectivity index (χ0v) is 26.8. The van der Waals surface area contributed by atoms with Crippen molar-refractivity contribution in [1.82, 2.24) is 10.2 Å². The summed E-state index contributed by atoms with van der Waals surface area (Å²) in [4.78, 5) is 57.2. The smallest absolute Gasteiger partial charge is 0.312 e. The number of alkyl halides is 1. The van der Waals surface area contributed by atoms with E-state index in [-0.39, 0.29) is 42.8 Å². The molecule has 1 aromatic carbocycles. The van der Waals surface area contributed by atoms with Crippen LogP contribution in [-0.2, 0) is 28.7 Å². The van der Waals surface area contributed by atoms with Gasteiger partial charge >= 0.3 is 5.97 Å². The maximum absolute atomic E-state index is 14.6. The van der Waals surface area contributed by atoms with Gasteiger partial charge in [-0.1, -0.05) is 40.2 Å². The number of carbonyl (C=O) groups is 4. The van der Waals surface area contributed by atoms with E-state index in [9.17, 15) is 24.3 Å². The molecule has 8 atom stereocenters. The molecule has 234 valence electrons. The molecule has 1 unspecified atom stereocenters. The van der Waals surface area contributed by atoms with Gasteiger partial charge in [0.2, 0.25) is 11.8 Å². The molecule has 1 aromatic rings. The minimum atomic E-state index is -1.31. The molecule has 0 aliphatic carbocycles. The maximum Gasteiger partial charge on any atom is 0.312 e. The van der Waals surface area contributed by atoms with E-state index in [0.717, 1.165) is 11.1 Å². The van der Waals surface area contributed by atoms with Crippen LogP contribution in [0, 0.1) is 25.7 Å². The standard InChI is InChI=1S/C32H42BrN3O7/c1-7-9-10-24(38)34-16-21(6)42-31(41)25-26-29(39)36(20(5)17-37)28(32(26)15-22(33)27(25)43-32)30(40)35(13-8-2)23-14-18(3)11-12-19(23)4/h7-8,11-12,14,20-22,25-28,37H,1-2,9-10,13,15-17H2,3-6H3,(H,34,38)/t20-,21-,22?,25-,26+,27-,28-,32+/m1/s1. The molecule has 10 nitrogen and oxygen atoms in total. The molecule has 43 heavy (non-hydrogen) atoms. The van der Waals surface area contributed by atoms with Crippen LogP contribution in [0.15, 0.2) is 43.5 Å². The number of amides is 3. The molecule has 3 amide bonds. The van der Waals surface area contributed by atoms with Gasteiger partial charge in [0.1, 0.15) is 17.7 Å². The number of anilines is 1. The molecule has 3 saturated heterocycles. The average Bonchev–Trinajstić information content (AvgIpc) is 3.57. The van der Waals surface area contributed by atoms with Gasteiger partial charge in [-0.3, -0.25) is 19.2 Å². The van der Waals surface area contributed by atoms with Crippen molar-refractivity contribution in [3.8, 4) is 0 Å². The summed E-state index contributed by atoms with van der Waals surface area (Å²) in [5.41, 5.74) is 1.23. The van der Waals surface area contributed by atoms with Gasteiger partial charge in [-0.05, 0) is 57.7 Å². The lowest BCUT2D eigenvalue weighted by atomic mass is 9.70. The van der Waals surface area contributed by atoms with Gasteiger partial charge in [0.25, 0.3) is 5.91 Å². The Labute approximate surface area is 261 Å². The summed E-state index contributed by atoms with van der Waals surface area (Å²) < 4.78 is 12.3. The minimum Gasteiger partial charge on any atom is -0.460 e. The van der Waals surface area contributed by atoms with E-state index in [2.05, 4.69) is 34.4 Å². The number of hydrogen-bond acceptors (Lipinski definition) is 7. The summed E-state index contributed by atoms with van der Waals surface area (Å²) in [7, 11) is 0. The monoisotopic (exact) mass is 659 g/mol. The van der Waals surface area contributed by atoms with Crippen molar-refractivity contribution in [3.05, 3.63) is 54.6 Å². The molecule has 0 aromatic heterocycles. The molecule has 4 rings (SSSR count). The zero-order chi connectivity index (χ0) is 31.6. The number of rotatable bonds is 13. The maximum atomic E-state index is 14.6. The van der Waals surface area contributed by atoms with E-state index < -0.39 is 53.6 Å². The number of nitrogens with one attached hydrogen (secondary N) is 1. The van der Waals surface area contributed by atoms with Crippen LogP contribution in [-0.4, -0.2) is 88.1 Å². The molecule has 0 saturated carbocycles. The Morgan fingerprint density at radius 3 is 2.65 bits per heavy atom. The molecule has 3 heterocycles. The predicted molar refractivity (Wildman–Crippen MR) is 166 cm³/mol. The van der Waals surface area contributed by atoms with Crippen LogP contribution in [0.5, 0.6) is 0 Å². The van der Waals surface area contributed by atoms with E-state index >= 15 is 0 Å². The number of carbonyl (C=O) groups excluding carboxylic acids is 4. The molecule has 3 fully saturated rings. The van der Waals surface area contributed by atoms with Crippen LogP contribution in [0.1, 0.15) is 44.2 Å². The Balaban J connectivity index is 1.67. The first kappa shape index (κ1) is 32.9. The number of fused-ring (bicyclic) bond motifs is 1. The van der Waals surface area contributed by atoms with E-state index in [1.165, 1.54) is 4.90 Å². The van der Waals surface area contributed by atoms with Gasteiger partial charge in [0.15, 0.2) is 0 Å². The highest BCUT2D eigenvalue weighted by atomic mass is 79.9. The molecule has 1 spiro atoms. The Morgan fingerprint density at radius 2 is 2.00 bits per heavy atom. The van der Waals surface area contributed by atoms with E-state index in [0.29, 0.717) is 18.5 Å². The first-order valence-corrected chi connectivity index (χ1v) is 15.7. The summed E-state index contributed by atoms with van der Waals surface area (Å²) >= 11 is 3.66. The molecular formula is C32H42BrN3O7. The summed E-state index contributed by atoms with van der Waals surface area (Å²) in [6, 6.07) is 4.02. The van der Waals surface area contributed by atoms with Gasteiger partial charge in [-0.25, -0.2) is 0 Å². The highest BCUT2D eigenvalue weighted by molar-refractivity contribution is 9.09. The van der Waals surface area contributed by atoms with Gasteiger partial charge in [-0.15, -0.1) is 13.2 Å². The lowest BCUT2D eigenvalue weighted by Gasteiger charge is -2.39. The molecule has 2 N–H and O–H groups in total. The van der Waals surface area contributed by atoms with Gasteiger partial charge in [0, 0.05) is 23.5 Å². The van der Waals surface area contributed by atoms with E-state index in [1.807, 2.05) is 32.0 Å². The van der Waals surface area contributed by atoms with Crippen molar-refractivity contribution >= 4 is 45.3 Å². The first-order valence-electron chi connectivity index (χ1n) is 14.7. The number of benzene rings is 1. The van der Waals surface area contributed by atoms with Crippen LogP contribution in [0.4, 0.5) is 5.69 Å². The Kier molecular flexibility index (Phi) is 10.2. The number of hydrogen-bond donors (Lipinski definition) is 2. The second-order valence-corrected chi connectivity index (χ2v) is 13.0. The van der Waals surface area contributed by atoms with Crippen LogP contribution >= 0.6 is 15.9 Å². The molecule has 11 heteroatoms. The van der Waals surface area contributed by atoms with Gasteiger partial charge in [0.05, 0.1) is 37.1 Å². The fourth-order valence-electron chi connectivity index (χ4n) is 6.67. The van der Waals surface area contributed by atoms with Crippen molar-refractivity contribution in [2.75, 3.05) is 24.6 Å². The van der Waals surface area contributed by atoms with Gasteiger partial charge < -0.3 is 29.7 Å². The number of esters is 1. The Morgan fingerprint density at radius 1 is 1.28 bits per heavy atom. The van der Waals surface area contributed by atoms with Crippen molar-refractivity contribution < 1.29 is 33.8 Å². The largest absolute Gasteiger partial charge is 0.460 e. The Hall–Kier alpha value is -3.02. The molecular weight excluding hydrogens is 618 g/mol. The topological polar surface area (TPSA) is 125 Å². The van der Waals surface area contributed by atoms with Crippen LogP contribution in [0.25, 0.3) is 0 Å². The number of allylic oxidation sites excluding steroid dienone is 1. The normalized spacial score (nSPS) is 28.7. The van der Waals surface area contributed by atoms with Crippen molar-refractivity contribution in [1.29, 1.82) is 0 Å². The van der Waals surface area contributed by atoms with E-state index in [1.54, 1.807) is 30.9 Å². The van der Waals surface area contributed by atoms with Crippen molar-refractivity contribution in [2.24, 2.45) is 11.8 Å². The SMILES string of the molecule is C=CCCC(=O)NC[C@@H](C)OC(=O)[C@H]1[C@@H]2O[C@@]3(CC2Br)[C@@H]1C(=O)N([C@H](C)CO)[C@@H]3C(=O)N(CC=C)c1cc(C)ccc1C. The molecule has 3 aliphatic heterocycles. The Bertz CT molecular complexity index is 1290. The second-order valence-electron chi connectivity index (χ2n) is 11.8. The third-order valence-corrected chi connectivity index (χ3v) is 9.53. The quantitative estimate of drug-likeness (QED) is 0.189.